The normalized spacial score (nSPS) is 10.9. The molecule has 0 aromatic heterocycles. The number of carbonyl (C=O) groups is 2. The van der Waals surface area contributed by atoms with E-state index in [0.717, 1.165) is 0 Å². The zero-order valence-electron chi connectivity index (χ0n) is 7.59. The lowest BCUT2D eigenvalue weighted by molar-refractivity contribution is -0.153. The maximum absolute atomic E-state index is 10.7. The molecular weight excluding hydrogens is 160 g/mol. The largest absolute Gasteiger partial charge is 0.481 e. The second-order valence-corrected chi connectivity index (χ2v) is 3.79. The average molecular weight is 174 g/mol. The first-order valence-corrected chi connectivity index (χ1v) is 3.69. The fourth-order valence-electron chi connectivity index (χ4n) is 0.472. The number of hydrogen-bond donors (Lipinski definition) is 1. The van der Waals surface area contributed by atoms with Gasteiger partial charge >= 0.3 is 11.9 Å². The Bertz CT molecular complexity index is 178. The van der Waals surface area contributed by atoms with Gasteiger partial charge in [-0.3, -0.25) is 9.59 Å². The molecule has 0 unspecified atom stereocenters. The Morgan fingerprint density at radius 1 is 1.33 bits per heavy atom. The van der Waals surface area contributed by atoms with Crippen molar-refractivity contribution in [1.82, 2.24) is 0 Å². The number of carboxylic acid groups (broad SMARTS) is 1. The monoisotopic (exact) mass is 174 g/mol. The zero-order valence-corrected chi connectivity index (χ0v) is 7.59. The Kier molecular flexibility index (Phi) is 3.73. The van der Waals surface area contributed by atoms with Crippen LogP contribution in [-0.4, -0.2) is 23.7 Å². The van der Waals surface area contributed by atoms with Crippen LogP contribution < -0.4 is 0 Å². The van der Waals surface area contributed by atoms with Crippen LogP contribution in [0.2, 0.25) is 0 Å². The molecule has 4 nitrogen and oxygen atoms in total. The maximum atomic E-state index is 10.7. The highest BCUT2D eigenvalue weighted by molar-refractivity contribution is 5.90. The van der Waals surface area contributed by atoms with Crippen LogP contribution in [-0.2, 0) is 14.3 Å². The molecule has 0 fully saturated rings. The number of hydrogen-bond acceptors (Lipinski definition) is 3. The van der Waals surface area contributed by atoms with E-state index in [1.54, 1.807) is 0 Å². The van der Waals surface area contributed by atoms with Crippen LogP contribution >= 0.6 is 0 Å². The molecule has 0 aliphatic heterocycles. The number of carboxylic acids is 1. The van der Waals surface area contributed by atoms with Crippen molar-refractivity contribution in [2.45, 2.75) is 27.2 Å². The quantitative estimate of drug-likeness (QED) is 0.513. The van der Waals surface area contributed by atoms with Crippen LogP contribution in [0.3, 0.4) is 0 Å². The first kappa shape index (κ1) is 10.9. The third kappa shape index (κ3) is 7.05. The lowest BCUT2D eigenvalue weighted by atomic mass is 9.99. The van der Waals surface area contributed by atoms with Crippen LogP contribution in [0.5, 0.6) is 0 Å². The van der Waals surface area contributed by atoms with Crippen LogP contribution in [0, 0.1) is 5.41 Å². The Morgan fingerprint density at radius 2 is 1.83 bits per heavy atom. The molecule has 0 saturated carbocycles. The number of aliphatic carboxylic acids is 1. The average Bonchev–Trinajstić information content (AvgIpc) is 1.80. The van der Waals surface area contributed by atoms with Gasteiger partial charge in [0.1, 0.15) is 6.42 Å². The molecule has 0 aromatic carbocycles. The maximum Gasteiger partial charge on any atom is 0.317 e. The Hall–Kier alpha value is -1.06. The molecule has 0 rings (SSSR count). The van der Waals surface area contributed by atoms with Gasteiger partial charge < -0.3 is 9.84 Å². The SMILES string of the molecule is CC(C)(C)COC(=O)CC(=O)O. The van der Waals surface area contributed by atoms with E-state index in [1.807, 2.05) is 20.8 Å². The second-order valence-electron chi connectivity index (χ2n) is 3.79. The minimum absolute atomic E-state index is 0.117. The van der Waals surface area contributed by atoms with Crippen molar-refractivity contribution in [1.29, 1.82) is 0 Å². The highest BCUT2D eigenvalue weighted by Gasteiger charge is 2.15. The molecule has 0 saturated heterocycles. The Morgan fingerprint density at radius 3 is 2.17 bits per heavy atom. The third-order valence-corrected chi connectivity index (χ3v) is 0.962. The Balaban J connectivity index is 3.65. The topological polar surface area (TPSA) is 63.6 Å². The standard InChI is InChI=1S/C8H14O4/c1-8(2,3)5-12-7(11)4-6(9)10/h4-5H2,1-3H3,(H,9,10). The molecule has 0 spiro atoms. The van der Waals surface area contributed by atoms with E-state index in [9.17, 15) is 9.59 Å². The van der Waals surface area contributed by atoms with Crippen LogP contribution in [0.25, 0.3) is 0 Å². The zero-order chi connectivity index (χ0) is 9.78. The number of carbonyl (C=O) groups excluding carboxylic acids is 1. The summed E-state index contributed by atoms with van der Waals surface area (Å²) in [7, 11) is 0. The molecule has 0 bridgehead atoms. The molecule has 0 atom stereocenters. The summed E-state index contributed by atoms with van der Waals surface area (Å²) < 4.78 is 4.70. The predicted molar refractivity (Wildman–Crippen MR) is 42.7 cm³/mol. The summed E-state index contributed by atoms with van der Waals surface area (Å²) in [6.45, 7) is 5.96. The Labute approximate surface area is 71.5 Å². The lowest BCUT2D eigenvalue weighted by Crippen LogP contribution is -2.19. The molecule has 0 heterocycles. The van der Waals surface area contributed by atoms with Gasteiger partial charge in [-0.15, -0.1) is 0 Å². The van der Waals surface area contributed by atoms with E-state index in [4.69, 9.17) is 9.84 Å². The summed E-state index contributed by atoms with van der Waals surface area (Å²) in [6, 6.07) is 0. The van der Waals surface area contributed by atoms with Crippen LogP contribution in [0.4, 0.5) is 0 Å². The fourth-order valence-corrected chi connectivity index (χ4v) is 0.472. The summed E-state index contributed by atoms with van der Waals surface area (Å²) in [5.74, 6) is -1.84. The molecule has 0 aliphatic rings. The van der Waals surface area contributed by atoms with Crippen LogP contribution in [0.1, 0.15) is 27.2 Å². The van der Waals surface area contributed by atoms with Crippen LogP contribution in [0.15, 0.2) is 0 Å². The van der Waals surface area contributed by atoms with Gasteiger partial charge in [-0.05, 0) is 5.41 Å². The molecule has 0 amide bonds. The van der Waals surface area contributed by atoms with E-state index in [0.29, 0.717) is 0 Å². The lowest BCUT2D eigenvalue weighted by Gasteiger charge is -2.17. The molecule has 0 aromatic rings. The highest BCUT2D eigenvalue weighted by Crippen LogP contribution is 2.12. The molecule has 12 heavy (non-hydrogen) atoms. The molecule has 0 radical (unpaired) electrons. The van der Waals surface area contributed by atoms with E-state index < -0.39 is 18.4 Å². The fraction of sp³-hybridized carbons (Fsp3) is 0.750. The molecular formula is C8H14O4. The summed E-state index contributed by atoms with van der Waals surface area (Å²) in [5, 5.41) is 8.21. The van der Waals surface area contributed by atoms with Crippen molar-refractivity contribution >= 4 is 11.9 Å². The number of esters is 1. The van der Waals surface area contributed by atoms with Crippen molar-refractivity contribution in [3.63, 3.8) is 0 Å². The summed E-state index contributed by atoms with van der Waals surface area (Å²) in [4.78, 5) is 20.7. The number of rotatable bonds is 3. The third-order valence-electron chi connectivity index (χ3n) is 0.962. The van der Waals surface area contributed by atoms with Gasteiger partial charge in [0, 0.05) is 0 Å². The van der Waals surface area contributed by atoms with Gasteiger partial charge in [0.05, 0.1) is 6.61 Å². The molecule has 0 aliphatic carbocycles. The van der Waals surface area contributed by atoms with Crippen molar-refractivity contribution < 1.29 is 19.4 Å². The van der Waals surface area contributed by atoms with Crippen molar-refractivity contribution in [2.24, 2.45) is 5.41 Å². The summed E-state index contributed by atoms with van der Waals surface area (Å²) in [5.41, 5.74) is -0.117. The first-order valence-electron chi connectivity index (χ1n) is 3.69. The van der Waals surface area contributed by atoms with Gasteiger partial charge in [0.15, 0.2) is 0 Å². The second kappa shape index (κ2) is 4.09. The van der Waals surface area contributed by atoms with Gasteiger partial charge in [-0.2, -0.15) is 0 Å². The smallest absolute Gasteiger partial charge is 0.317 e. The molecule has 70 valence electrons. The van der Waals surface area contributed by atoms with Crippen molar-refractivity contribution in [3.8, 4) is 0 Å². The van der Waals surface area contributed by atoms with E-state index >= 15 is 0 Å². The van der Waals surface area contributed by atoms with Gasteiger partial charge in [-0.1, -0.05) is 20.8 Å². The van der Waals surface area contributed by atoms with Crippen molar-refractivity contribution in [3.05, 3.63) is 0 Å². The summed E-state index contributed by atoms with van der Waals surface area (Å²) in [6.07, 6.45) is -0.559. The van der Waals surface area contributed by atoms with Gasteiger partial charge in [-0.25, -0.2) is 0 Å². The van der Waals surface area contributed by atoms with Crippen molar-refractivity contribution in [2.75, 3.05) is 6.61 Å². The van der Waals surface area contributed by atoms with Gasteiger partial charge in [0.2, 0.25) is 0 Å². The van der Waals surface area contributed by atoms with E-state index in [2.05, 4.69) is 0 Å². The minimum atomic E-state index is -1.16. The van der Waals surface area contributed by atoms with E-state index in [-0.39, 0.29) is 12.0 Å². The highest BCUT2D eigenvalue weighted by atomic mass is 16.5. The predicted octanol–water partition coefficient (Wildman–Crippen LogP) is 1.05. The molecule has 1 N–H and O–H groups in total. The number of ether oxygens (including phenoxy) is 1. The summed E-state index contributed by atoms with van der Waals surface area (Å²) >= 11 is 0. The van der Waals surface area contributed by atoms with Gasteiger partial charge in [0.25, 0.3) is 0 Å². The van der Waals surface area contributed by atoms with E-state index in [1.165, 1.54) is 0 Å². The molecule has 4 heteroatoms. The first-order chi connectivity index (χ1) is 5.31. The minimum Gasteiger partial charge on any atom is -0.481 e.